The molecule has 1 fully saturated rings. The summed E-state index contributed by atoms with van der Waals surface area (Å²) in [5, 5.41) is 0.622. The Balaban J connectivity index is 2.32. The third-order valence-corrected chi connectivity index (χ3v) is 5.69. The first-order chi connectivity index (χ1) is 10.1. The molecule has 118 valence electrons. The van der Waals surface area contributed by atoms with E-state index in [1.807, 2.05) is 23.9 Å². The summed E-state index contributed by atoms with van der Waals surface area (Å²) in [6, 6.07) is 6.68. The van der Waals surface area contributed by atoms with Crippen molar-refractivity contribution < 1.29 is 9.47 Å². The van der Waals surface area contributed by atoms with E-state index in [2.05, 4.69) is 24.8 Å². The molecule has 1 aliphatic heterocycles. The largest absolute Gasteiger partial charge is 0.497 e. The molecule has 0 amide bonds. The van der Waals surface area contributed by atoms with Crippen LogP contribution >= 0.6 is 11.8 Å². The molecule has 2 rings (SSSR count). The molecule has 0 radical (unpaired) electrons. The highest BCUT2D eigenvalue weighted by Gasteiger charge is 2.32. The molecule has 3 atom stereocenters. The summed E-state index contributed by atoms with van der Waals surface area (Å²) in [6.07, 6.45) is 0. The van der Waals surface area contributed by atoms with Crippen molar-refractivity contribution in [3.63, 3.8) is 0 Å². The molecule has 3 unspecified atom stereocenters. The van der Waals surface area contributed by atoms with Crippen molar-refractivity contribution in [3.05, 3.63) is 23.8 Å². The van der Waals surface area contributed by atoms with Crippen molar-refractivity contribution in [1.29, 1.82) is 0 Å². The minimum atomic E-state index is 0.184. The summed E-state index contributed by atoms with van der Waals surface area (Å²) < 4.78 is 10.8. The number of hydrogen-bond acceptors (Lipinski definition) is 5. The second kappa shape index (κ2) is 7.38. The molecule has 0 aromatic heterocycles. The Kier molecular flexibility index (Phi) is 5.79. The van der Waals surface area contributed by atoms with Gasteiger partial charge in [0.05, 0.1) is 20.3 Å². The van der Waals surface area contributed by atoms with Crippen LogP contribution < -0.4 is 15.2 Å². The first kappa shape index (κ1) is 16.5. The number of ether oxygens (including phenoxy) is 2. The second-order valence-corrected chi connectivity index (χ2v) is 6.90. The Labute approximate surface area is 132 Å². The topological polar surface area (TPSA) is 47.7 Å². The molecule has 0 bridgehead atoms. The van der Waals surface area contributed by atoms with Crippen LogP contribution in [0.3, 0.4) is 0 Å². The van der Waals surface area contributed by atoms with Gasteiger partial charge in [0.1, 0.15) is 11.5 Å². The van der Waals surface area contributed by atoms with E-state index in [9.17, 15) is 0 Å². The highest BCUT2D eigenvalue weighted by Crippen LogP contribution is 2.36. The van der Waals surface area contributed by atoms with E-state index in [1.165, 1.54) is 0 Å². The Morgan fingerprint density at radius 1 is 1.33 bits per heavy atom. The zero-order chi connectivity index (χ0) is 15.4. The summed E-state index contributed by atoms with van der Waals surface area (Å²) in [6.45, 7) is 6.23. The number of thioether (sulfide) groups is 1. The molecule has 21 heavy (non-hydrogen) atoms. The minimum absolute atomic E-state index is 0.184. The molecular formula is C16H26N2O2S. The molecule has 5 heteroatoms. The first-order valence-corrected chi connectivity index (χ1v) is 8.46. The molecule has 1 saturated heterocycles. The first-order valence-electron chi connectivity index (χ1n) is 7.41. The van der Waals surface area contributed by atoms with E-state index < -0.39 is 0 Å². The van der Waals surface area contributed by atoms with Crippen LogP contribution in [-0.4, -0.2) is 49.3 Å². The molecule has 2 N–H and O–H groups in total. The van der Waals surface area contributed by atoms with E-state index in [0.29, 0.717) is 17.8 Å². The fourth-order valence-electron chi connectivity index (χ4n) is 2.93. The maximum Gasteiger partial charge on any atom is 0.127 e. The molecule has 0 spiro atoms. The van der Waals surface area contributed by atoms with Gasteiger partial charge in [-0.15, -0.1) is 0 Å². The summed E-state index contributed by atoms with van der Waals surface area (Å²) in [5.41, 5.74) is 7.25. The number of rotatable bonds is 5. The normalized spacial score (nSPS) is 24.6. The van der Waals surface area contributed by atoms with Gasteiger partial charge in [-0.25, -0.2) is 0 Å². The van der Waals surface area contributed by atoms with Gasteiger partial charge in [0.25, 0.3) is 0 Å². The molecule has 1 aromatic rings. The minimum Gasteiger partial charge on any atom is -0.497 e. The van der Waals surface area contributed by atoms with Crippen molar-refractivity contribution in [2.24, 2.45) is 5.73 Å². The number of nitrogens with two attached hydrogens (primary N) is 1. The van der Waals surface area contributed by atoms with Crippen molar-refractivity contribution >= 4 is 11.8 Å². The Morgan fingerprint density at radius 3 is 2.71 bits per heavy atom. The van der Waals surface area contributed by atoms with Crippen LogP contribution in [0.25, 0.3) is 0 Å². The van der Waals surface area contributed by atoms with E-state index in [4.69, 9.17) is 15.2 Å². The standard InChI is InChI=1S/C16H26N2O2S/c1-11-12(2)21-8-7-18(11)15(10-17)14-6-5-13(19-3)9-16(14)20-4/h5-6,9,11-12,15H,7-8,10,17H2,1-4H3. The van der Waals surface area contributed by atoms with Gasteiger partial charge in [-0.3, -0.25) is 4.90 Å². The summed E-state index contributed by atoms with van der Waals surface area (Å²) >= 11 is 2.04. The molecular weight excluding hydrogens is 284 g/mol. The zero-order valence-corrected chi connectivity index (χ0v) is 14.2. The highest BCUT2D eigenvalue weighted by molar-refractivity contribution is 8.00. The predicted octanol–water partition coefficient (Wildman–Crippen LogP) is 2.53. The lowest BCUT2D eigenvalue weighted by atomic mass is 10.0. The van der Waals surface area contributed by atoms with Crippen molar-refractivity contribution in [2.75, 3.05) is 33.1 Å². The SMILES string of the molecule is COc1ccc(C(CN)N2CCSC(C)C2C)c(OC)c1. The van der Waals surface area contributed by atoms with Crippen LogP contribution in [0.1, 0.15) is 25.5 Å². The number of methoxy groups -OCH3 is 2. The summed E-state index contributed by atoms with van der Waals surface area (Å²) in [5.74, 6) is 2.81. The smallest absolute Gasteiger partial charge is 0.127 e. The van der Waals surface area contributed by atoms with E-state index in [1.54, 1.807) is 14.2 Å². The third kappa shape index (κ3) is 3.47. The third-order valence-electron chi connectivity index (χ3n) is 4.36. The van der Waals surface area contributed by atoms with E-state index in [0.717, 1.165) is 29.4 Å². The number of hydrogen-bond donors (Lipinski definition) is 1. The second-order valence-electron chi connectivity index (χ2n) is 5.41. The summed E-state index contributed by atoms with van der Waals surface area (Å²) in [7, 11) is 3.37. The average Bonchev–Trinajstić information content (AvgIpc) is 2.52. The van der Waals surface area contributed by atoms with Crippen LogP contribution in [0.5, 0.6) is 11.5 Å². The molecule has 0 aliphatic carbocycles. The molecule has 4 nitrogen and oxygen atoms in total. The number of nitrogens with zero attached hydrogens (tertiary/aromatic N) is 1. The quantitative estimate of drug-likeness (QED) is 0.905. The van der Waals surface area contributed by atoms with Crippen LogP contribution in [0, 0.1) is 0 Å². The Morgan fingerprint density at radius 2 is 2.10 bits per heavy atom. The summed E-state index contributed by atoms with van der Waals surface area (Å²) in [4.78, 5) is 2.51. The van der Waals surface area contributed by atoms with Gasteiger partial charge < -0.3 is 15.2 Å². The molecule has 0 saturated carbocycles. The van der Waals surface area contributed by atoms with Crippen LogP contribution in [0.15, 0.2) is 18.2 Å². The molecule has 1 heterocycles. The van der Waals surface area contributed by atoms with Crippen molar-refractivity contribution in [1.82, 2.24) is 4.90 Å². The van der Waals surface area contributed by atoms with Gasteiger partial charge in [0.2, 0.25) is 0 Å². The average molecular weight is 310 g/mol. The van der Waals surface area contributed by atoms with Crippen LogP contribution in [0.2, 0.25) is 0 Å². The fraction of sp³-hybridized carbons (Fsp3) is 0.625. The zero-order valence-electron chi connectivity index (χ0n) is 13.3. The van der Waals surface area contributed by atoms with Crippen molar-refractivity contribution in [3.8, 4) is 11.5 Å². The lowest BCUT2D eigenvalue weighted by Crippen LogP contribution is -2.48. The van der Waals surface area contributed by atoms with Crippen molar-refractivity contribution in [2.45, 2.75) is 31.2 Å². The van der Waals surface area contributed by atoms with Gasteiger partial charge in [0, 0.05) is 41.8 Å². The molecule has 1 aliphatic rings. The van der Waals surface area contributed by atoms with Gasteiger partial charge in [0.15, 0.2) is 0 Å². The predicted molar refractivity (Wildman–Crippen MR) is 89.4 cm³/mol. The maximum atomic E-state index is 6.10. The fourth-order valence-corrected chi connectivity index (χ4v) is 4.05. The van der Waals surface area contributed by atoms with Gasteiger partial charge >= 0.3 is 0 Å². The monoisotopic (exact) mass is 310 g/mol. The van der Waals surface area contributed by atoms with Gasteiger partial charge in [-0.05, 0) is 13.0 Å². The maximum absolute atomic E-state index is 6.10. The van der Waals surface area contributed by atoms with Crippen LogP contribution in [0.4, 0.5) is 0 Å². The Hall–Kier alpha value is -0.910. The number of benzene rings is 1. The van der Waals surface area contributed by atoms with E-state index in [-0.39, 0.29) is 6.04 Å². The highest BCUT2D eigenvalue weighted by atomic mass is 32.2. The molecule has 1 aromatic carbocycles. The van der Waals surface area contributed by atoms with Crippen LogP contribution in [-0.2, 0) is 0 Å². The van der Waals surface area contributed by atoms with Gasteiger partial charge in [-0.2, -0.15) is 11.8 Å². The lowest BCUT2D eigenvalue weighted by Gasteiger charge is -2.42. The lowest BCUT2D eigenvalue weighted by molar-refractivity contribution is 0.148. The van der Waals surface area contributed by atoms with Gasteiger partial charge in [-0.1, -0.05) is 13.0 Å². The Bertz CT molecular complexity index is 470. The van der Waals surface area contributed by atoms with E-state index >= 15 is 0 Å².